The van der Waals surface area contributed by atoms with Crippen molar-refractivity contribution in [3.05, 3.63) is 0 Å². The van der Waals surface area contributed by atoms with Crippen LogP contribution in [0.25, 0.3) is 0 Å². The van der Waals surface area contributed by atoms with Crippen LogP contribution in [0, 0.1) is 0 Å². The summed E-state index contributed by atoms with van der Waals surface area (Å²) in [5.74, 6) is 0.103. The van der Waals surface area contributed by atoms with E-state index < -0.39 is 0 Å². The topological polar surface area (TPSA) is 49.4 Å². The smallest absolute Gasteiger partial charge is 0.245 e. The SMILES string of the molecule is CCCCCCCCCN1C(=O)C(C)NC(=O)C1CCC. The predicted molar refractivity (Wildman–Crippen MR) is 86.0 cm³/mol. The molecule has 0 bridgehead atoms. The molecule has 4 nitrogen and oxygen atoms in total. The van der Waals surface area contributed by atoms with E-state index in [9.17, 15) is 9.59 Å². The minimum absolute atomic E-state index is 0.0203. The van der Waals surface area contributed by atoms with Crippen molar-refractivity contribution in [3.63, 3.8) is 0 Å². The third-order valence-electron chi connectivity index (χ3n) is 4.26. The Labute approximate surface area is 129 Å². The number of carbonyl (C=O) groups excluding carboxylic acids is 2. The lowest BCUT2D eigenvalue weighted by Gasteiger charge is -2.38. The number of amides is 2. The van der Waals surface area contributed by atoms with Crippen molar-refractivity contribution < 1.29 is 9.59 Å². The molecule has 0 saturated carbocycles. The van der Waals surface area contributed by atoms with E-state index in [2.05, 4.69) is 19.2 Å². The molecule has 1 aliphatic rings. The third-order valence-corrected chi connectivity index (χ3v) is 4.26. The minimum atomic E-state index is -0.366. The summed E-state index contributed by atoms with van der Waals surface area (Å²) >= 11 is 0. The van der Waals surface area contributed by atoms with E-state index in [1.165, 1.54) is 32.1 Å². The maximum Gasteiger partial charge on any atom is 0.245 e. The highest BCUT2D eigenvalue weighted by molar-refractivity contribution is 5.96. The largest absolute Gasteiger partial charge is 0.343 e. The Morgan fingerprint density at radius 3 is 2.19 bits per heavy atom. The summed E-state index contributed by atoms with van der Waals surface area (Å²) in [5, 5.41) is 2.79. The van der Waals surface area contributed by atoms with E-state index in [1.54, 1.807) is 6.92 Å². The van der Waals surface area contributed by atoms with Gasteiger partial charge in [0.1, 0.15) is 12.1 Å². The molecule has 2 unspecified atom stereocenters. The van der Waals surface area contributed by atoms with Gasteiger partial charge in [0.05, 0.1) is 0 Å². The normalized spacial score (nSPS) is 22.5. The Hall–Kier alpha value is -1.06. The molecule has 122 valence electrons. The highest BCUT2D eigenvalue weighted by Gasteiger charge is 2.37. The highest BCUT2D eigenvalue weighted by Crippen LogP contribution is 2.16. The van der Waals surface area contributed by atoms with Crippen LogP contribution in [-0.2, 0) is 9.59 Å². The molecule has 0 aliphatic carbocycles. The van der Waals surface area contributed by atoms with Gasteiger partial charge in [0.25, 0.3) is 0 Å². The standard InChI is InChI=1S/C17H32N2O2/c1-4-6-7-8-9-10-11-13-19-15(12-5-2)16(20)18-14(3)17(19)21/h14-15H,4-13H2,1-3H3,(H,18,20). The Morgan fingerprint density at radius 2 is 1.57 bits per heavy atom. The van der Waals surface area contributed by atoms with E-state index in [4.69, 9.17) is 0 Å². The number of hydrogen-bond donors (Lipinski definition) is 1. The van der Waals surface area contributed by atoms with E-state index >= 15 is 0 Å². The molecule has 0 aromatic heterocycles. The number of carbonyl (C=O) groups is 2. The first-order chi connectivity index (χ1) is 10.1. The van der Waals surface area contributed by atoms with Gasteiger partial charge in [-0.1, -0.05) is 58.8 Å². The van der Waals surface area contributed by atoms with Gasteiger partial charge in [-0.25, -0.2) is 0 Å². The van der Waals surface area contributed by atoms with E-state index in [0.29, 0.717) is 0 Å². The second-order valence-electron chi connectivity index (χ2n) is 6.19. The monoisotopic (exact) mass is 296 g/mol. The molecule has 0 aromatic carbocycles. The second kappa shape index (κ2) is 9.80. The average molecular weight is 296 g/mol. The molecule has 1 rings (SSSR count). The average Bonchev–Trinajstić information content (AvgIpc) is 2.46. The fourth-order valence-corrected chi connectivity index (χ4v) is 2.98. The summed E-state index contributed by atoms with van der Waals surface area (Å²) in [7, 11) is 0. The van der Waals surface area contributed by atoms with Crippen molar-refractivity contribution in [2.45, 2.75) is 90.6 Å². The number of piperazine rings is 1. The lowest BCUT2D eigenvalue weighted by molar-refractivity contribution is -0.149. The highest BCUT2D eigenvalue weighted by atomic mass is 16.2. The maximum absolute atomic E-state index is 12.3. The van der Waals surface area contributed by atoms with Crippen LogP contribution in [0.3, 0.4) is 0 Å². The van der Waals surface area contributed by atoms with Crippen LogP contribution < -0.4 is 5.32 Å². The van der Waals surface area contributed by atoms with Crippen LogP contribution in [-0.4, -0.2) is 35.3 Å². The van der Waals surface area contributed by atoms with E-state index in [1.807, 2.05) is 4.90 Å². The Kier molecular flexibility index (Phi) is 8.40. The van der Waals surface area contributed by atoms with E-state index in [0.717, 1.165) is 32.2 Å². The lowest BCUT2D eigenvalue weighted by Crippen LogP contribution is -2.62. The van der Waals surface area contributed by atoms with E-state index in [-0.39, 0.29) is 23.9 Å². The molecule has 1 fully saturated rings. The molecular weight excluding hydrogens is 264 g/mol. The van der Waals surface area contributed by atoms with Crippen LogP contribution in [0.15, 0.2) is 0 Å². The van der Waals surface area contributed by atoms with Gasteiger partial charge in [-0.2, -0.15) is 0 Å². The van der Waals surface area contributed by atoms with Gasteiger partial charge in [0.15, 0.2) is 0 Å². The summed E-state index contributed by atoms with van der Waals surface area (Å²) in [4.78, 5) is 26.1. The molecular formula is C17H32N2O2. The first kappa shape index (κ1) is 18.0. The van der Waals surface area contributed by atoms with Crippen molar-refractivity contribution in [2.24, 2.45) is 0 Å². The van der Waals surface area contributed by atoms with Crippen LogP contribution in [0.4, 0.5) is 0 Å². The zero-order chi connectivity index (χ0) is 15.7. The van der Waals surface area contributed by atoms with Gasteiger partial charge < -0.3 is 10.2 Å². The van der Waals surface area contributed by atoms with Crippen molar-refractivity contribution in [1.29, 1.82) is 0 Å². The number of rotatable bonds is 10. The predicted octanol–water partition coefficient (Wildman–Crippen LogP) is 3.25. The lowest BCUT2D eigenvalue weighted by atomic mass is 10.0. The fraction of sp³-hybridized carbons (Fsp3) is 0.882. The summed E-state index contributed by atoms with van der Waals surface area (Å²) in [6, 6.07) is -0.617. The van der Waals surface area contributed by atoms with Crippen LogP contribution in [0.2, 0.25) is 0 Å². The number of nitrogens with zero attached hydrogens (tertiary/aromatic N) is 1. The number of hydrogen-bond acceptors (Lipinski definition) is 2. The number of unbranched alkanes of at least 4 members (excludes halogenated alkanes) is 6. The van der Waals surface area contributed by atoms with Gasteiger partial charge in [0, 0.05) is 6.54 Å². The first-order valence-electron chi connectivity index (χ1n) is 8.72. The maximum atomic E-state index is 12.3. The summed E-state index contributed by atoms with van der Waals surface area (Å²) in [6.07, 6.45) is 10.3. The second-order valence-corrected chi connectivity index (χ2v) is 6.19. The van der Waals surface area contributed by atoms with Crippen molar-refractivity contribution >= 4 is 11.8 Å². The zero-order valence-corrected chi connectivity index (χ0v) is 14.0. The van der Waals surface area contributed by atoms with Crippen LogP contribution in [0.5, 0.6) is 0 Å². The van der Waals surface area contributed by atoms with Crippen LogP contribution >= 0.6 is 0 Å². The van der Waals surface area contributed by atoms with Gasteiger partial charge >= 0.3 is 0 Å². The van der Waals surface area contributed by atoms with Gasteiger partial charge in [-0.15, -0.1) is 0 Å². The molecule has 0 aromatic rings. The van der Waals surface area contributed by atoms with Gasteiger partial charge in [0.2, 0.25) is 11.8 Å². The Bertz CT molecular complexity index is 331. The van der Waals surface area contributed by atoms with Crippen molar-refractivity contribution in [2.75, 3.05) is 6.54 Å². The number of nitrogens with one attached hydrogen (secondary N) is 1. The van der Waals surface area contributed by atoms with Crippen molar-refractivity contribution in [3.8, 4) is 0 Å². The molecule has 1 aliphatic heterocycles. The molecule has 1 N–H and O–H groups in total. The summed E-state index contributed by atoms with van der Waals surface area (Å²) < 4.78 is 0. The summed E-state index contributed by atoms with van der Waals surface area (Å²) in [5.41, 5.74) is 0. The zero-order valence-electron chi connectivity index (χ0n) is 14.0. The molecule has 2 atom stereocenters. The van der Waals surface area contributed by atoms with Crippen LogP contribution in [0.1, 0.15) is 78.6 Å². The molecule has 0 spiro atoms. The minimum Gasteiger partial charge on any atom is -0.343 e. The Morgan fingerprint density at radius 1 is 0.952 bits per heavy atom. The van der Waals surface area contributed by atoms with Gasteiger partial charge in [-0.3, -0.25) is 9.59 Å². The third kappa shape index (κ3) is 5.68. The fourth-order valence-electron chi connectivity index (χ4n) is 2.98. The van der Waals surface area contributed by atoms with Crippen molar-refractivity contribution in [1.82, 2.24) is 10.2 Å². The molecule has 1 heterocycles. The molecule has 4 heteroatoms. The molecule has 1 saturated heterocycles. The Balaban J connectivity index is 2.37. The molecule has 2 amide bonds. The first-order valence-corrected chi connectivity index (χ1v) is 8.72. The molecule has 21 heavy (non-hydrogen) atoms. The summed E-state index contributed by atoms with van der Waals surface area (Å²) in [6.45, 7) is 6.79. The molecule has 0 radical (unpaired) electrons. The van der Waals surface area contributed by atoms with Gasteiger partial charge in [-0.05, 0) is 19.8 Å². The quantitative estimate of drug-likeness (QED) is 0.629.